The molecule has 0 saturated carbocycles. The van der Waals surface area contributed by atoms with Crippen LogP contribution in [0.3, 0.4) is 0 Å². The van der Waals surface area contributed by atoms with Crippen LogP contribution in [-0.4, -0.2) is 18.9 Å². The zero-order chi connectivity index (χ0) is 16.7. The maximum Gasteiger partial charge on any atom is 0.313 e. The molecule has 5 nitrogen and oxygen atoms in total. The van der Waals surface area contributed by atoms with Crippen LogP contribution in [0.1, 0.15) is 18.1 Å². The van der Waals surface area contributed by atoms with Crippen LogP contribution in [0.5, 0.6) is 5.75 Å². The van der Waals surface area contributed by atoms with Gasteiger partial charge in [-0.05, 0) is 41.8 Å². The lowest BCUT2D eigenvalue weighted by atomic mass is 10.1. The highest BCUT2D eigenvalue weighted by Gasteiger charge is 2.13. The normalized spacial score (nSPS) is 10.0. The first kappa shape index (κ1) is 16.5. The van der Waals surface area contributed by atoms with Gasteiger partial charge in [0.15, 0.2) is 0 Å². The molecule has 0 heterocycles. The van der Waals surface area contributed by atoms with Crippen molar-refractivity contribution in [1.29, 1.82) is 0 Å². The van der Waals surface area contributed by atoms with Crippen molar-refractivity contribution in [3.8, 4) is 5.75 Å². The Morgan fingerprint density at radius 2 is 1.74 bits per heavy atom. The van der Waals surface area contributed by atoms with Crippen molar-refractivity contribution in [2.24, 2.45) is 0 Å². The number of hydrogen-bond acceptors (Lipinski definition) is 3. The molecular weight excluding hydrogens is 292 g/mol. The predicted molar refractivity (Wildman–Crippen MR) is 89.3 cm³/mol. The molecule has 0 aliphatic carbocycles. The third-order valence-electron chi connectivity index (χ3n) is 3.41. The van der Waals surface area contributed by atoms with Crippen LogP contribution < -0.4 is 15.4 Å². The van der Waals surface area contributed by atoms with E-state index in [1.54, 1.807) is 19.2 Å². The van der Waals surface area contributed by atoms with Gasteiger partial charge in [0.2, 0.25) is 0 Å². The molecule has 2 aromatic carbocycles. The van der Waals surface area contributed by atoms with E-state index in [9.17, 15) is 9.59 Å². The van der Waals surface area contributed by atoms with Crippen molar-refractivity contribution in [2.45, 2.75) is 19.9 Å². The lowest BCUT2D eigenvalue weighted by Crippen LogP contribution is -2.34. The summed E-state index contributed by atoms with van der Waals surface area (Å²) in [5, 5.41) is 5.16. The second-order valence-corrected chi connectivity index (χ2v) is 5.04. The second kappa shape index (κ2) is 7.98. The molecule has 0 unspecified atom stereocenters. The average molecular weight is 312 g/mol. The zero-order valence-corrected chi connectivity index (χ0v) is 13.3. The highest BCUT2D eigenvalue weighted by Crippen LogP contribution is 2.12. The summed E-state index contributed by atoms with van der Waals surface area (Å²) < 4.78 is 5.11. The molecule has 0 aliphatic heterocycles. The molecule has 2 N–H and O–H groups in total. The van der Waals surface area contributed by atoms with Gasteiger partial charge in [0, 0.05) is 12.2 Å². The minimum absolute atomic E-state index is 0.262. The van der Waals surface area contributed by atoms with E-state index in [0.717, 1.165) is 12.0 Å². The molecule has 5 heteroatoms. The average Bonchev–Trinajstić information content (AvgIpc) is 2.60. The van der Waals surface area contributed by atoms with Gasteiger partial charge >= 0.3 is 11.8 Å². The standard InChI is InChI=1S/C18H20N2O3/c1-3-13-7-9-15(10-8-13)20-18(22)17(21)19-12-14-5-4-6-16(11-14)23-2/h4-11H,3,12H2,1-2H3,(H,19,21)(H,20,22). The van der Waals surface area contributed by atoms with Crippen LogP contribution in [-0.2, 0) is 22.6 Å². The molecule has 0 spiro atoms. The third kappa shape index (κ3) is 4.85. The molecule has 23 heavy (non-hydrogen) atoms. The number of amides is 2. The first-order valence-electron chi connectivity index (χ1n) is 7.43. The van der Waals surface area contributed by atoms with Gasteiger partial charge < -0.3 is 15.4 Å². The van der Waals surface area contributed by atoms with Crippen LogP contribution in [0, 0.1) is 0 Å². The minimum Gasteiger partial charge on any atom is -0.497 e. The molecule has 2 amide bonds. The van der Waals surface area contributed by atoms with E-state index >= 15 is 0 Å². The zero-order valence-electron chi connectivity index (χ0n) is 13.3. The van der Waals surface area contributed by atoms with Gasteiger partial charge in [0.05, 0.1) is 7.11 Å². The summed E-state index contributed by atoms with van der Waals surface area (Å²) >= 11 is 0. The Balaban J connectivity index is 1.87. The Morgan fingerprint density at radius 3 is 2.39 bits per heavy atom. The number of carbonyl (C=O) groups is 2. The van der Waals surface area contributed by atoms with Crippen LogP contribution >= 0.6 is 0 Å². The van der Waals surface area contributed by atoms with Gasteiger partial charge in [-0.3, -0.25) is 9.59 Å². The number of anilines is 1. The van der Waals surface area contributed by atoms with E-state index in [-0.39, 0.29) is 6.54 Å². The van der Waals surface area contributed by atoms with Crippen molar-refractivity contribution >= 4 is 17.5 Å². The molecule has 0 radical (unpaired) electrons. The molecule has 0 fully saturated rings. The fourth-order valence-corrected chi connectivity index (χ4v) is 2.06. The van der Waals surface area contributed by atoms with E-state index in [1.807, 2.05) is 36.4 Å². The number of carbonyl (C=O) groups excluding carboxylic acids is 2. The molecule has 2 aromatic rings. The van der Waals surface area contributed by atoms with Gasteiger partial charge in [-0.2, -0.15) is 0 Å². The van der Waals surface area contributed by atoms with Crippen molar-refractivity contribution in [1.82, 2.24) is 5.32 Å². The quantitative estimate of drug-likeness (QED) is 0.834. The number of hydrogen-bond donors (Lipinski definition) is 2. The fourth-order valence-electron chi connectivity index (χ4n) is 2.06. The number of ether oxygens (including phenoxy) is 1. The predicted octanol–water partition coefficient (Wildman–Crippen LogP) is 2.51. The fraction of sp³-hybridized carbons (Fsp3) is 0.222. The number of rotatable bonds is 5. The summed E-state index contributed by atoms with van der Waals surface area (Å²) in [6.45, 7) is 2.32. The van der Waals surface area contributed by atoms with Crippen LogP contribution in [0.4, 0.5) is 5.69 Å². The molecule has 2 rings (SSSR count). The number of nitrogens with one attached hydrogen (secondary N) is 2. The highest BCUT2D eigenvalue weighted by atomic mass is 16.5. The van der Waals surface area contributed by atoms with Gasteiger partial charge in [-0.25, -0.2) is 0 Å². The Morgan fingerprint density at radius 1 is 1.00 bits per heavy atom. The maximum absolute atomic E-state index is 11.9. The maximum atomic E-state index is 11.9. The summed E-state index contributed by atoms with van der Waals surface area (Å²) in [6, 6.07) is 14.7. The minimum atomic E-state index is -0.683. The first-order chi connectivity index (χ1) is 11.1. The van der Waals surface area contributed by atoms with Gasteiger partial charge in [-0.1, -0.05) is 31.2 Å². The summed E-state index contributed by atoms with van der Waals surface area (Å²) in [5.41, 5.74) is 2.63. The number of methoxy groups -OCH3 is 1. The molecular formula is C18H20N2O3. The summed E-state index contributed by atoms with van der Waals surface area (Å²) in [7, 11) is 1.58. The van der Waals surface area contributed by atoms with E-state index in [1.165, 1.54) is 5.56 Å². The van der Waals surface area contributed by atoms with Crippen LogP contribution in [0.15, 0.2) is 48.5 Å². The van der Waals surface area contributed by atoms with Crippen molar-refractivity contribution in [3.05, 3.63) is 59.7 Å². The molecule has 0 bridgehead atoms. The molecule has 0 aliphatic rings. The van der Waals surface area contributed by atoms with Gasteiger partial charge in [0.1, 0.15) is 5.75 Å². The van der Waals surface area contributed by atoms with Gasteiger partial charge in [0.25, 0.3) is 0 Å². The smallest absolute Gasteiger partial charge is 0.313 e. The van der Waals surface area contributed by atoms with Crippen LogP contribution in [0.25, 0.3) is 0 Å². The third-order valence-corrected chi connectivity index (χ3v) is 3.41. The van der Waals surface area contributed by atoms with E-state index < -0.39 is 11.8 Å². The molecule has 0 saturated heterocycles. The monoisotopic (exact) mass is 312 g/mol. The van der Waals surface area contributed by atoms with E-state index in [2.05, 4.69) is 17.6 Å². The Bertz CT molecular complexity index is 681. The second-order valence-electron chi connectivity index (χ2n) is 5.04. The Labute approximate surface area is 135 Å². The summed E-state index contributed by atoms with van der Waals surface area (Å²) in [6.07, 6.45) is 0.926. The first-order valence-corrected chi connectivity index (χ1v) is 7.43. The number of aryl methyl sites for hydroxylation is 1. The van der Waals surface area contributed by atoms with E-state index in [0.29, 0.717) is 11.4 Å². The Hall–Kier alpha value is -2.82. The molecule has 0 atom stereocenters. The topological polar surface area (TPSA) is 67.4 Å². The summed E-state index contributed by atoms with van der Waals surface area (Å²) in [4.78, 5) is 23.7. The summed E-state index contributed by atoms with van der Waals surface area (Å²) in [5.74, 6) is -0.651. The SMILES string of the molecule is CCc1ccc(NC(=O)C(=O)NCc2cccc(OC)c2)cc1. The van der Waals surface area contributed by atoms with Crippen molar-refractivity contribution in [2.75, 3.05) is 12.4 Å². The Kier molecular flexibility index (Phi) is 5.74. The largest absolute Gasteiger partial charge is 0.497 e. The molecule has 0 aromatic heterocycles. The lowest BCUT2D eigenvalue weighted by Gasteiger charge is -2.08. The van der Waals surface area contributed by atoms with Crippen LogP contribution in [0.2, 0.25) is 0 Å². The van der Waals surface area contributed by atoms with Crippen molar-refractivity contribution < 1.29 is 14.3 Å². The number of benzene rings is 2. The highest BCUT2D eigenvalue weighted by molar-refractivity contribution is 6.39. The lowest BCUT2D eigenvalue weighted by molar-refractivity contribution is -0.136. The van der Waals surface area contributed by atoms with Crippen molar-refractivity contribution in [3.63, 3.8) is 0 Å². The van der Waals surface area contributed by atoms with Gasteiger partial charge in [-0.15, -0.1) is 0 Å². The molecule has 120 valence electrons. The van der Waals surface area contributed by atoms with E-state index in [4.69, 9.17) is 4.74 Å².